The first kappa shape index (κ1) is 28.7. The maximum atomic E-state index is 13.2. The summed E-state index contributed by atoms with van der Waals surface area (Å²) in [6.07, 6.45) is 2.39. The molecule has 1 aliphatic carbocycles. The van der Waals surface area contributed by atoms with E-state index in [1.807, 2.05) is 42.5 Å². The summed E-state index contributed by atoms with van der Waals surface area (Å²) in [6, 6.07) is 21.8. The van der Waals surface area contributed by atoms with Gasteiger partial charge in [0.1, 0.15) is 0 Å². The topological polar surface area (TPSA) is 108 Å². The van der Waals surface area contributed by atoms with Crippen molar-refractivity contribution >= 4 is 23.2 Å². The Balaban J connectivity index is 0.979. The van der Waals surface area contributed by atoms with Crippen LogP contribution in [0.5, 0.6) is 0 Å². The van der Waals surface area contributed by atoms with Gasteiger partial charge in [-0.05, 0) is 44.0 Å². The van der Waals surface area contributed by atoms with E-state index < -0.39 is 6.04 Å². The fourth-order valence-electron chi connectivity index (χ4n) is 5.66. The number of benzene rings is 3. The summed E-state index contributed by atoms with van der Waals surface area (Å²) in [5.74, 6) is -0.279. The quantitative estimate of drug-likeness (QED) is 0.232. The number of piperazine rings is 1. The van der Waals surface area contributed by atoms with E-state index in [1.54, 1.807) is 30.3 Å². The molecule has 8 heteroatoms. The zero-order valence-electron chi connectivity index (χ0n) is 23.5. The van der Waals surface area contributed by atoms with Crippen LogP contribution in [0.25, 0.3) is 0 Å². The molecule has 2 aliphatic rings. The lowest BCUT2D eigenvalue weighted by Gasteiger charge is -2.34. The summed E-state index contributed by atoms with van der Waals surface area (Å²) in [5, 5.41) is 6.39. The van der Waals surface area contributed by atoms with Gasteiger partial charge in [0, 0.05) is 61.6 Å². The number of hydrogen-bond donors (Lipinski definition) is 3. The standard InChI is InChI=1S/C33H39N5O3/c34-28(23-24-9-2-1-3-10-24)33(41)36-16-8-18-38-21-19-37(20-22-38)17-7-15-35-29-14-6-13-27-30(29)32(40)26-12-5-4-11-25(26)31(27)39/h1-6,9-14,28,35H,7-8,15-23,34H2,(H,36,41)/t28-/m1/s1. The number of ketones is 2. The molecule has 41 heavy (non-hydrogen) atoms. The van der Waals surface area contributed by atoms with Crippen LogP contribution < -0.4 is 16.4 Å². The van der Waals surface area contributed by atoms with Crippen molar-refractivity contribution in [2.75, 3.05) is 57.7 Å². The van der Waals surface area contributed by atoms with Crippen molar-refractivity contribution in [2.45, 2.75) is 25.3 Å². The molecule has 0 bridgehead atoms. The first-order valence-electron chi connectivity index (χ1n) is 14.6. The van der Waals surface area contributed by atoms with Gasteiger partial charge in [0.25, 0.3) is 0 Å². The first-order chi connectivity index (χ1) is 20.0. The average molecular weight is 554 g/mol. The zero-order chi connectivity index (χ0) is 28.6. The highest BCUT2D eigenvalue weighted by atomic mass is 16.2. The van der Waals surface area contributed by atoms with Crippen molar-refractivity contribution < 1.29 is 14.4 Å². The summed E-state index contributed by atoms with van der Waals surface area (Å²) in [6.45, 7) is 7.34. The zero-order valence-corrected chi connectivity index (χ0v) is 23.5. The molecule has 1 aliphatic heterocycles. The van der Waals surface area contributed by atoms with Crippen molar-refractivity contribution in [3.05, 3.63) is 101 Å². The van der Waals surface area contributed by atoms with Crippen LogP contribution in [0.15, 0.2) is 72.8 Å². The third-order valence-corrected chi connectivity index (χ3v) is 7.97. The van der Waals surface area contributed by atoms with Crippen LogP contribution in [0.2, 0.25) is 0 Å². The predicted octanol–water partition coefficient (Wildman–Crippen LogP) is 2.96. The number of rotatable bonds is 12. The fraction of sp³-hybridized carbons (Fsp3) is 0.364. The number of hydrogen-bond acceptors (Lipinski definition) is 7. The molecule has 5 rings (SSSR count). The Bertz CT molecular complexity index is 1370. The second-order valence-corrected chi connectivity index (χ2v) is 10.8. The number of fused-ring (bicyclic) bond motifs is 2. The lowest BCUT2D eigenvalue weighted by atomic mass is 9.83. The smallest absolute Gasteiger partial charge is 0.237 e. The van der Waals surface area contributed by atoms with E-state index in [2.05, 4.69) is 20.4 Å². The Morgan fingerprint density at radius 2 is 1.32 bits per heavy atom. The van der Waals surface area contributed by atoms with Crippen LogP contribution in [-0.4, -0.2) is 85.7 Å². The van der Waals surface area contributed by atoms with Gasteiger partial charge in [-0.15, -0.1) is 0 Å². The minimum Gasteiger partial charge on any atom is -0.384 e. The summed E-state index contributed by atoms with van der Waals surface area (Å²) in [4.78, 5) is 43.4. The van der Waals surface area contributed by atoms with Gasteiger partial charge in [-0.3, -0.25) is 14.4 Å². The number of nitrogens with two attached hydrogens (primary N) is 1. The van der Waals surface area contributed by atoms with Crippen LogP contribution in [0.4, 0.5) is 5.69 Å². The maximum Gasteiger partial charge on any atom is 0.237 e. The number of carbonyl (C=O) groups excluding carboxylic acids is 3. The molecule has 0 spiro atoms. The Kier molecular flexibility index (Phi) is 9.56. The average Bonchev–Trinajstić information content (AvgIpc) is 3.01. The van der Waals surface area contributed by atoms with Crippen molar-refractivity contribution in [1.29, 1.82) is 0 Å². The maximum absolute atomic E-state index is 13.2. The normalized spacial score (nSPS) is 16.1. The third-order valence-electron chi connectivity index (χ3n) is 7.97. The first-order valence-corrected chi connectivity index (χ1v) is 14.6. The lowest BCUT2D eigenvalue weighted by Crippen LogP contribution is -2.47. The molecule has 0 saturated carbocycles. The molecule has 0 aromatic heterocycles. The Labute approximate surface area is 241 Å². The summed E-state index contributed by atoms with van der Waals surface area (Å²) in [5.41, 5.74) is 9.79. The van der Waals surface area contributed by atoms with E-state index in [9.17, 15) is 14.4 Å². The molecular formula is C33H39N5O3. The molecule has 0 unspecified atom stereocenters. The highest BCUT2D eigenvalue weighted by molar-refractivity contribution is 6.30. The van der Waals surface area contributed by atoms with Gasteiger partial charge in [-0.2, -0.15) is 0 Å². The molecule has 1 heterocycles. The van der Waals surface area contributed by atoms with Crippen LogP contribution in [0.1, 0.15) is 50.2 Å². The van der Waals surface area contributed by atoms with Crippen LogP contribution in [-0.2, 0) is 11.2 Å². The van der Waals surface area contributed by atoms with Gasteiger partial charge in [0.15, 0.2) is 11.6 Å². The number of amides is 1. The minimum absolute atomic E-state index is 0.0919. The van der Waals surface area contributed by atoms with Crippen molar-refractivity contribution in [1.82, 2.24) is 15.1 Å². The fourth-order valence-corrected chi connectivity index (χ4v) is 5.66. The molecule has 214 valence electrons. The molecule has 1 saturated heterocycles. The summed E-state index contributed by atoms with van der Waals surface area (Å²) in [7, 11) is 0. The highest BCUT2D eigenvalue weighted by Gasteiger charge is 2.31. The molecule has 4 N–H and O–H groups in total. The van der Waals surface area contributed by atoms with Gasteiger partial charge >= 0.3 is 0 Å². The molecule has 1 fully saturated rings. The van der Waals surface area contributed by atoms with Gasteiger partial charge in [0.05, 0.1) is 11.6 Å². The second-order valence-electron chi connectivity index (χ2n) is 10.8. The largest absolute Gasteiger partial charge is 0.384 e. The molecule has 1 atom stereocenters. The van der Waals surface area contributed by atoms with Crippen molar-refractivity contribution in [3.63, 3.8) is 0 Å². The molecule has 1 amide bonds. The van der Waals surface area contributed by atoms with E-state index in [1.165, 1.54) is 0 Å². The van der Waals surface area contributed by atoms with E-state index in [-0.39, 0.29) is 17.5 Å². The summed E-state index contributed by atoms with van der Waals surface area (Å²) < 4.78 is 0. The second kappa shape index (κ2) is 13.7. The van der Waals surface area contributed by atoms with Crippen LogP contribution >= 0.6 is 0 Å². The molecule has 3 aromatic carbocycles. The number of nitrogens with zero attached hydrogens (tertiary/aromatic N) is 2. The van der Waals surface area contributed by atoms with Crippen LogP contribution in [0, 0.1) is 0 Å². The van der Waals surface area contributed by atoms with Gasteiger partial charge in [0.2, 0.25) is 5.91 Å². The lowest BCUT2D eigenvalue weighted by molar-refractivity contribution is -0.122. The van der Waals surface area contributed by atoms with E-state index in [0.717, 1.165) is 69.9 Å². The monoisotopic (exact) mass is 553 g/mol. The van der Waals surface area contributed by atoms with E-state index in [4.69, 9.17) is 5.73 Å². The van der Waals surface area contributed by atoms with Gasteiger partial charge in [-0.25, -0.2) is 0 Å². The SMILES string of the molecule is N[C@H](Cc1ccccc1)C(=O)NCCCN1CCN(CCCNc2cccc3c2C(=O)c2ccccc2C3=O)CC1. The van der Waals surface area contributed by atoms with Crippen LogP contribution in [0.3, 0.4) is 0 Å². The molecular weight excluding hydrogens is 514 g/mol. The molecule has 8 nitrogen and oxygen atoms in total. The Morgan fingerprint density at radius 1 is 0.732 bits per heavy atom. The Hall–Kier alpha value is -3.85. The highest BCUT2D eigenvalue weighted by Crippen LogP contribution is 2.31. The molecule has 0 radical (unpaired) electrons. The van der Waals surface area contributed by atoms with E-state index >= 15 is 0 Å². The minimum atomic E-state index is -0.526. The molecule has 3 aromatic rings. The van der Waals surface area contributed by atoms with Gasteiger partial charge < -0.3 is 26.2 Å². The number of nitrogens with one attached hydrogen (secondary N) is 2. The summed E-state index contributed by atoms with van der Waals surface area (Å²) >= 11 is 0. The van der Waals surface area contributed by atoms with Gasteiger partial charge in [-0.1, -0.05) is 66.7 Å². The number of carbonyl (C=O) groups is 3. The number of anilines is 1. The predicted molar refractivity (Wildman–Crippen MR) is 161 cm³/mol. The van der Waals surface area contributed by atoms with Crippen molar-refractivity contribution in [2.24, 2.45) is 5.73 Å². The Morgan fingerprint density at radius 3 is 2.00 bits per heavy atom. The van der Waals surface area contributed by atoms with Crippen molar-refractivity contribution in [3.8, 4) is 0 Å². The third kappa shape index (κ3) is 7.08. The van der Waals surface area contributed by atoms with E-state index in [0.29, 0.717) is 35.2 Å².